The third-order valence-corrected chi connectivity index (χ3v) is 1.72. The molecule has 13 heavy (non-hydrogen) atoms. The molecular formula is C8H16N2O3. The minimum atomic E-state index is -0.958. The summed E-state index contributed by atoms with van der Waals surface area (Å²) in [4.78, 5) is 22.9. The van der Waals surface area contributed by atoms with Crippen molar-refractivity contribution in [3.63, 3.8) is 0 Å². The normalized spacial score (nSPS) is 10.2. The Bertz CT molecular complexity index is 192. The van der Waals surface area contributed by atoms with Crippen molar-refractivity contribution >= 4 is 11.9 Å². The standard InChI is InChI=1S/C8H16N2O3/c1-6(2)10(3)7(11)4-9-5-8(12)13/h6,9H,4-5H2,1-3H3,(H,12,13). The molecule has 76 valence electrons. The first-order valence-electron chi connectivity index (χ1n) is 4.13. The average Bonchev–Trinajstić information content (AvgIpc) is 2.02. The van der Waals surface area contributed by atoms with Crippen molar-refractivity contribution in [2.75, 3.05) is 20.1 Å². The van der Waals surface area contributed by atoms with Crippen LogP contribution in [0, 0.1) is 0 Å². The topological polar surface area (TPSA) is 69.6 Å². The second-order valence-corrected chi connectivity index (χ2v) is 3.10. The molecule has 0 aromatic heterocycles. The van der Waals surface area contributed by atoms with Gasteiger partial charge in [0, 0.05) is 13.1 Å². The SMILES string of the molecule is CC(C)N(C)C(=O)CNCC(=O)O. The van der Waals surface area contributed by atoms with Gasteiger partial charge in [0.05, 0.1) is 13.1 Å². The second-order valence-electron chi connectivity index (χ2n) is 3.10. The van der Waals surface area contributed by atoms with Crippen molar-refractivity contribution in [1.29, 1.82) is 0 Å². The van der Waals surface area contributed by atoms with Gasteiger partial charge in [0.2, 0.25) is 5.91 Å². The lowest BCUT2D eigenvalue weighted by molar-refractivity contribution is -0.136. The molecule has 0 aliphatic carbocycles. The number of nitrogens with zero attached hydrogens (tertiary/aromatic N) is 1. The predicted octanol–water partition coefficient (Wildman–Crippen LogP) is -0.473. The number of carboxylic acid groups (broad SMARTS) is 1. The number of carboxylic acids is 1. The fourth-order valence-electron chi connectivity index (χ4n) is 0.689. The van der Waals surface area contributed by atoms with Crippen LogP contribution in [0.15, 0.2) is 0 Å². The molecule has 0 rings (SSSR count). The number of carbonyl (C=O) groups is 2. The van der Waals surface area contributed by atoms with Crippen LogP contribution < -0.4 is 5.32 Å². The molecule has 2 N–H and O–H groups in total. The number of nitrogens with one attached hydrogen (secondary N) is 1. The number of carbonyl (C=O) groups excluding carboxylic acids is 1. The molecular weight excluding hydrogens is 172 g/mol. The van der Waals surface area contributed by atoms with E-state index in [1.54, 1.807) is 11.9 Å². The fraction of sp³-hybridized carbons (Fsp3) is 0.750. The molecule has 0 fully saturated rings. The average molecular weight is 188 g/mol. The molecule has 1 amide bonds. The molecule has 0 aliphatic rings. The zero-order valence-corrected chi connectivity index (χ0v) is 8.20. The summed E-state index contributed by atoms with van der Waals surface area (Å²) in [5.74, 6) is -1.06. The molecule has 0 saturated heterocycles. The smallest absolute Gasteiger partial charge is 0.317 e. The van der Waals surface area contributed by atoms with Gasteiger partial charge in [0.1, 0.15) is 0 Å². The molecule has 0 aromatic carbocycles. The van der Waals surface area contributed by atoms with Gasteiger partial charge in [-0.2, -0.15) is 0 Å². The highest BCUT2D eigenvalue weighted by atomic mass is 16.4. The number of hydrogen-bond donors (Lipinski definition) is 2. The van der Waals surface area contributed by atoms with E-state index in [-0.39, 0.29) is 25.0 Å². The van der Waals surface area contributed by atoms with Crippen LogP contribution in [-0.4, -0.2) is 48.1 Å². The molecule has 0 radical (unpaired) electrons. The third kappa shape index (κ3) is 5.19. The minimum absolute atomic E-state index is 0.0704. The largest absolute Gasteiger partial charge is 0.480 e. The van der Waals surface area contributed by atoms with Gasteiger partial charge in [-0.05, 0) is 13.8 Å². The van der Waals surface area contributed by atoms with Gasteiger partial charge in [-0.1, -0.05) is 0 Å². The summed E-state index contributed by atoms with van der Waals surface area (Å²) in [7, 11) is 1.69. The lowest BCUT2D eigenvalue weighted by Crippen LogP contribution is -2.40. The second kappa shape index (κ2) is 5.53. The third-order valence-electron chi connectivity index (χ3n) is 1.72. The zero-order valence-electron chi connectivity index (χ0n) is 8.20. The lowest BCUT2D eigenvalue weighted by Gasteiger charge is -2.21. The predicted molar refractivity (Wildman–Crippen MR) is 48.4 cm³/mol. The Morgan fingerprint density at radius 3 is 2.31 bits per heavy atom. The van der Waals surface area contributed by atoms with Gasteiger partial charge >= 0.3 is 5.97 Å². The van der Waals surface area contributed by atoms with Gasteiger partial charge in [-0.15, -0.1) is 0 Å². The van der Waals surface area contributed by atoms with Crippen molar-refractivity contribution in [2.45, 2.75) is 19.9 Å². The number of likely N-dealkylation sites (N-methyl/N-ethyl adjacent to an activating group) is 1. The van der Waals surface area contributed by atoms with E-state index in [1.807, 2.05) is 13.8 Å². The summed E-state index contributed by atoms with van der Waals surface area (Å²) in [6.45, 7) is 3.68. The molecule has 0 aromatic rings. The molecule has 5 nitrogen and oxygen atoms in total. The zero-order chi connectivity index (χ0) is 10.4. The molecule has 0 spiro atoms. The highest BCUT2D eigenvalue weighted by molar-refractivity contribution is 5.79. The van der Waals surface area contributed by atoms with Crippen LogP contribution in [-0.2, 0) is 9.59 Å². The first kappa shape index (κ1) is 11.9. The Morgan fingerprint density at radius 1 is 1.38 bits per heavy atom. The number of aliphatic carboxylic acids is 1. The summed E-state index contributed by atoms with van der Waals surface area (Å²) >= 11 is 0. The Morgan fingerprint density at radius 2 is 1.92 bits per heavy atom. The monoisotopic (exact) mass is 188 g/mol. The summed E-state index contributed by atoms with van der Waals surface area (Å²) < 4.78 is 0. The molecule has 0 atom stereocenters. The Kier molecular flexibility index (Phi) is 5.06. The van der Waals surface area contributed by atoms with Crippen LogP contribution in [0.2, 0.25) is 0 Å². The minimum Gasteiger partial charge on any atom is -0.480 e. The van der Waals surface area contributed by atoms with Gasteiger partial charge in [0.25, 0.3) is 0 Å². The maximum Gasteiger partial charge on any atom is 0.317 e. The molecule has 5 heteroatoms. The van der Waals surface area contributed by atoms with Gasteiger partial charge in [-0.25, -0.2) is 0 Å². The molecule has 0 saturated carbocycles. The Hall–Kier alpha value is -1.10. The number of hydrogen-bond acceptors (Lipinski definition) is 3. The summed E-state index contributed by atoms with van der Waals surface area (Å²) in [6.07, 6.45) is 0. The maximum absolute atomic E-state index is 11.2. The van der Waals surface area contributed by atoms with Gasteiger partial charge in [0.15, 0.2) is 0 Å². The van der Waals surface area contributed by atoms with Gasteiger partial charge in [-0.3, -0.25) is 14.9 Å². The first-order valence-corrected chi connectivity index (χ1v) is 4.13. The van der Waals surface area contributed by atoms with E-state index >= 15 is 0 Å². The van der Waals surface area contributed by atoms with Crippen LogP contribution in [0.3, 0.4) is 0 Å². The van der Waals surface area contributed by atoms with Gasteiger partial charge < -0.3 is 10.0 Å². The van der Waals surface area contributed by atoms with E-state index in [0.29, 0.717) is 0 Å². The van der Waals surface area contributed by atoms with E-state index in [9.17, 15) is 9.59 Å². The summed E-state index contributed by atoms with van der Waals surface area (Å²) in [5, 5.41) is 10.8. The summed E-state index contributed by atoms with van der Waals surface area (Å²) in [5.41, 5.74) is 0. The van der Waals surface area contributed by atoms with E-state index < -0.39 is 5.97 Å². The maximum atomic E-state index is 11.2. The van der Waals surface area contributed by atoms with Crippen molar-refractivity contribution in [1.82, 2.24) is 10.2 Å². The van der Waals surface area contributed by atoms with Crippen LogP contribution in [0.4, 0.5) is 0 Å². The van der Waals surface area contributed by atoms with Crippen LogP contribution >= 0.6 is 0 Å². The Labute approximate surface area is 77.7 Å². The van der Waals surface area contributed by atoms with E-state index in [0.717, 1.165) is 0 Å². The quantitative estimate of drug-likeness (QED) is 0.612. The highest BCUT2D eigenvalue weighted by Crippen LogP contribution is 1.92. The number of amides is 1. The Balaban J connectivity index is 3.68. The number of rotatable bonds is 5. The van der Waals surface area contributed by atoms with Crippen molar-refractivity contribution in [3.05, 3.63) is 0 Å². The molecule has 0 aliphatic heterocycles. The van der Waals surface area contributed by atoms with Crippen molar-refractivity contribution < 1.29 is 14.7 Å². The van der Waals surface area contributed by atoms with Crippen LogP contribution in [0.25, 0.3) is 0 Å². The lowest BCUT2D eigenvalue weighted by atomic mass is 10.3. The summed E-state index contributed by atoms with van der Waals surface area (Å²) in [6, 6.07) is 0.138. The van der Waals surface area contributed by atoms with Crippen LogP contribution in [0.1, 0.15) is 13.8 Å². The van der Waals surface area contributed by atoms with E-state index in [4.69, 9.17) is 5.11 Å². The highest BCUT2D eigenvalue weighted by Gasteiger charge is 2.11. The van der Waals surface area contributed by atoms with Crippen molar-refractivity contribution in [3.8, 4) is 0 Å². The van der Waals surface area contributed by atoms with E-state index in [1.165, 1.54) is 0 Å². The molecule has 0 heterocycles. The fourth-order valence-corrected chi connectivity index (χ4v) is 0.689. The van der Waals surface area contributed by atoms with Crippen LogP contribution in [0.5, 0.6) is 0 Å². The molecule has 0 unspecified atom stereocenters. The first-order chi connectivity index (χ1) is 5.95. The molecule has 0 bridgehead atoms. The van der Waals surface area contributed by atoms with E-state index in [2.05, 4.69) is 5.32 Å². The van der Waals surface area contributed by atoms with Crippen molar-refractivity contribution in [2.24, 2.45) is 0 Å².